The van der Waals surface area contributed by atoms with Crippen LogP contribution in [-0.4, -0.2) is 54.9 Å². The summed E-state index contributed by atoms with van der Waals surface area (Å²) < 4.78 is 96.4. The summed E-state index contributed by atoms with van der Waals surface area (Å²) in [5.74, 6) is -3.25. The van der Waals surface area contributed by atoms with Crippen molar-refractivity contribution < 1.29 is 53.9 Å². The van der Waals surface area contributed by atoms with Crippen molar-refractivity contribution in [1.82, 2.24) is 0 Å². The molecule has 12 nitrogen and oxygen atoms in total. The van der Waals surface area contributed by atoms with Crippen molar-refractivity contribution in [2.24, 2.45) is 0 Å². The average molecular weight is 468 g/mol. The Kier molecular flexibility index (Phi) is 5.52. The average Bonchev–Trinajstić information content (AvgIpc) is 2.51. The van der Waals surface area contributed by atoms with Crippen LogP contribution in [0.1, 0.15) is 17.3 Å². The molecule has 29 heavy (non-hydrogen) atoms. The summed E-state index contributed by atoms with van der Waals surface area (Å²) >= 11 is 0. The highest BCUT2D eigenvalue weighted by molar-refractivity contribution is 7.86. The number of carbonyl (C=O) groups is 1. The zero-order valence-electron chi connectivity index (χ0n) is 14.1. The minimum atomic E-state index is -5.27. The van der Waals surface area contributed by atoms with Crippen molar-refractivity contribution in [2.75, 3.05) is 0 Å². The lowest BCUT2D eigenvalue weighted by Crippen LogP contribution is -2.06. The van der Waals surface area contributed by atoms with E-state index in [1.54, 1.807) is 0 Å². The van der Waals surface area contributed by atoms with E-state index in [1.807, 2.05) is 0 Å². The van der Waals surface area contributed by atoms with E-state index < -0.39 is 79.0 Å². The summed E-state index contributed by atoms with van der Waals surface area (Å²) in [6.45, 7) is 0.907. The molecule has 2 rings (SSSR count). The van der Waals surface area contributed by atoms with Crippen molar-refractivity contribution in [1.29, 1.82) is 0 Å². The number of hydrogen-bond acceptors (Lipinski definition) is 9. The molecular weight excluding hydrogens is 456 g/mol. The predicted octanol–water partition coefficient (Wildman–Crippen LogP) is 0.708. The molecule has 0 radical (unpaired) electrons. The molecule has 0 bridgehead atoms. The first-order valence-corrected chi connectivity index (χ1v) is 11.4. The van der Waals surface area contributed by atoms with Crippen molar-refractivity contribution >= 4 is 36.1 Å². The molecule has 0 saturated carbocycles. The van der Waals surface area contributed by atoms with E-state index in [2.05, 4.69) is 0 Å². The number of carbonyl (C=O) groups excluding carboxylic acids is 1. The summed E-state index contributed by atoms with van der Waals surface area (Å²) in [5, 5.41) is 20.5. The second-order valence-corrected chi connectivity index (χ2v) is 9.90. The first-order valence-electron chi connectivity index (χ1n) is 7.12. The Morgan fingerprint density at radius 3 is 1.48 bits per heavy atom. The lowest BCUT2D eigenvalue weighted by molar-refractivity contribution is 0.101. The molecule has 0 saturated heterocycles. The van der Waals surface area contributed by atoms with Crippen LogP contribution < -0.4 is 0 Å². The van der Waals surface area contributed by atoms with Crippen LogP contribution in [0, 0.1) is 0 Å². The Hall–Kier alpha value is -2.56. The quantitative estimate of drug-likeness (QED) is 0.302. The van der Waals surface area contributed by atoms with Gasteiger partial charge in [-0.2, -0.15) is 25.3 Å². The van der Waals surface area contributed by atoms with Gasteiger partial charge in [0.2, 0.25) is 0 Å². The van der Waals surface area contributed by atoms with Gasteiger partial charge in [0.05, 0.1) is 15.4 Å². The van der Waals surface area contributed by atoms with Crippen LogP contribution in [0.5, 0.6) is 11.5 Å². The van der Waals surface area contributed by atoms with E-state index in [0.717, 1.165) is 6.92 Å². The summed E-state index contributed by atoms with van der Waals surface area (Å²) in [5.41, 5.74) is -2.36. The summed E-state index contributed by atoms with van der Waals surface area (Å²) in [4.78, 5) is 8.18. The van der Waals surface area contributed by atoms with E-state index in [0.29, 0.717) is 18.2 Å². The maximum absolute atomic E-state index is 11.7. The van der Waals surface area contributed by atoms with Crippen LogP contribution >= 0.6 is 0 Å². The highest BCUT2D eigenvalue weighted by Crippen LogP contribution is 2.43. The first-order chi connectivity index (χ1) is 12.9. The number of benzene rings is 2. The third-order valence-electron chi connectivity index (χ3n) is 3.67. The van der Waals surface area contributed by atoms with Crippen LogP contribution in [-0.2, 0) is 30.4 Å². The second-order valence-electron chi connectivity index (χ2n) is 5.67. The molecule has 0 unspecified atom stereocenters. The Morgan fingerprint density at radius 1 is 0.690 bits per heavy atom. The van der Waals surface area contributed by atoms with Gasteiger partial charge in [0, 0.05) is 11.1 Å². The molecule has 0 amide bonds. The van der Waals surface area contributed by atoms with Gasteiger partial charge in [-0.15, -0.1) is 0 Å². The fraction of sp³-hybridized carbons (Fsp3) is 0.0714. The van der Waals surface area contributed by atoms with Gasteiger partial charge < -0.3 is 10.2 Å². The molecule has 0 aliphatic carbocycles. The zero-order valence-corrected chi connectivity index (χ0v) is 16.6. The summed E-state index contributed by atoms with van der Waals surface area (Å²) in [6, 6.07) is 1.75. The van der Waals surface area contributed by atoms with E-state index in [4.69, 9.17) is 0 Å². The molecule has 0 spiro atoms. The van der Waals surface area contributed by atoms with Gasteiger partial charge in [-0.3, -0.25) is 18.5 Å². The first kappa shape index (κ1) is 22.7. The number of rotatable bonds is 5. The van der Waals surface area contributed by atoms with E-state index >= 15 is 0 Å². The predicted molar refractivity (Wildman–Crippen MR) is 94.7 cm³/mol. The van der Waals surface area contributed by atoms with Gasteiger partial charge in [-0.25, -0.2) is 0 Å². The van der Waals surface area contributed by atoms with Gasteiger partial charge in [-0.05, 0) is 31.2 Å². The standard InChI is InChI=1S/C14H12O12S3/c1-6(15)9-2-7(27(18,19)20)3-10(13(9)16)11-4-8(28(21,22)23)5-12(14(11)17)29(24,25)26/h2-5,16-17H,1H3,(H,18,19,20)(H,21,22,23)(H,24,25,26). The fourth-order valence-electron chi connectivity index (χ4n) is 2.36. The third-order valence-corrected chi connectivity index (χ3v) is 6.20. The molecule has 0 atom stereocenters. The molecule has 2 aromatic carbocycles. The van der Waals surface area contributed by atoms with Crippen molar-refractivity contribution in [3.05, 3.63) is 29.8 Å². The lowest BCUT2D eigenvalue weighted by Gasteiger charge is -2.14. The number of phenolic OH excluding ortho intramolecular Hbond substituents is 2. The number of phenols is 2. The van der Waals surface area contributed by atoms with Gasteiger partial charge in [0.15, 0.2) is 5.78 Å². The highest BCUT2D eigenvalue weighted by atomic mass is 32.2. The minimum absolute atomic E-state index is 0.207. The third kappa shape index (κ3) is 4.55. The Bertz CT molecular complexity index is 1350. The van der Waals surface area contributed by atoms with Gasteiger partial charge in [-0.1, -0.05) is 0 Å². The molecular formula is C14H12O12S3. The normalized spacial score (nSPS) is 12.7. The van der Waals surface area contributed by atoms with Crippen LogP contribution in [0.3, 0.4) is 0 Å². The number of hydrogen-bond donors (Lipinski definition) is 5. The van der Waals surface area contributed by atoms with Crippen molar-refractivity contribution in [3.63, 3.8) is 0 Å². The number of ketones is 1. The van der Waals surface area contributed by atoms with Crippen LogP contribution in [0.25, 0.3) is 11.1 Å². The molecule has 5 N–H and O–H groups in total. The number of Topliss-reactive ketones (excluding diaryl/α,β-unsaturated/α-hetero) is 1. The summed E-state index contributed by atoms with van der Waals surface area (Å²) in [6.07, 6.45) is 0. The van der Waals surface area contributed by atoms with E-state index in [1.165, 1.54) is 0 Å². The monoisotopic (exact) mass is 468 g/mol. The molecule has 15 heteroatoms. The van der Waals surface area contributed by atoms with Gasteiger partial charge in [0.1, 0.15) is 16.4 Å². The summed E-state index contributed by atoms with van der Waals surface area (Å²) in [7, 11) is -15.4. The Labute approximate surface area is 164 Å². The van der Waals surface area contributed by atoms with Crippen LogP contribution in [0.4, 0.5) is 0 Å². The molecule has 0 aliphatic rings. The van der Waals surface area contributed by atoms with Gasteiger partial charge >= 0.3 is 0 Å². The molecule has 0 fully saturated rings. The smallest absolute Gasteiger partial charge is 0.298 e. The fourth-order valence-corrected chi connectivity index (χ4v) is 4.14. The van der Waals surface area contributed by atoms with Crippen molar-refractivity contribution in [2.45, 2.75) is 21.6 Å². The van der Waals surface area contributed by atoms with Crippen LogP contribution in [0.15, 0.2) is 39.0 Å². The lowest BCUT2D eigenvalue weighted by atomic mass is 9.99. The minimum Gasteiger partial charge on any atom is -0.507 e. The maximum Gasteiger partial charge on any atom is 0.298 e. The molecule has 2 aromatic rings. The SMILES string of the molecule is CC(=O)c1cc(S(=O)(=O)O)cc(-c2cc(S(=O)(=O)O)cc(S(=O)(=O)O)c2O)c1O. The molecule has 158 valence electrons. The zero-order chi connectivity index (χ0) is 22.5. The molecule has 0 heterocycles. The topological polar surface area (TPSA) is 221 Å². The van der Waals surface area contributed by atoms with Crippen LogP contribution in [0.2, 0.25) is 0 Å². The second kappa shape index (κ2) is 7.05. The maximum atomic E-state index is 11.7. The highest BCUT2D eigenvalue weighted by Gasteiger charge is 2.28. The van der Waals surface area contributed by atoms with Crippen molar-refractivity contribution in [3.8, 4) is 22.6 Å². The van der Waals surface area contributed by atoms with Gasteiger partial charge in [0.25, 0.3) is 30.4 Å². The largest absolute Gasteiger partial charge is 0.507 e. The molecule has 0 aromatic heterocycles. The Morgan fingerprint density at radius 2 is 1.10 bits per heavy atom. The van der Waals surface area contributed by atoms with E-state index in [9.17, 15) is 53.9 Å². The van der Waals surface area contributed by atoms with E-state index in [-0.39, 0.29) is 6.07 Å². The number of aromatic hydroxyl groups is 2. The molecule has 0 aliphatic heterocycles. The Balaban J connectivity index is 3.13.